The number of fused-ring (bicyclic) bond motifs is 1. The van der Waals surface area contributed by atoms with Crippen molar-refractivity contribution in [1.82, 2.24) is 15.2 Å². The number of carbonyl (C=O) groups excluding carboxylic acids is 1. The number of hydrogen-bond donors (Lipinski definition) is 2. The molecule has 2 heterocycles. The van der Waals surface area contributed by atoms with E-state index in [9.17, 15) is 4.79 Å². The minimum absolute atomic E-state index is 0.157. The van der Waals surface area contributed by atoms with Gasteiger partial charge in [0.1, 0.15) is 5.52 Å². The predicted octanol–water partition coefficient (Wildman–Crippen LogP) is 4.46. The normalized spacial score (nSPS) is 14.5. The third-order valence-corrected chi connectivity index (χ3v) is 5.75. The molecule has 1 amide bonds. The maximum Gasteiger partial charge on any atom is 0.255 e. The minimum Gasteiger partial charge on any atom is -0.436 e. The molecule has 2 N–H and O–H groups in total. The van der Waals surface area contributed by atoms with E-state index in [0.29, 0.717) is 17.1 Å². The number of aromatic nitrogens is 1. The van der Waals surface area contributed by atoms with Crippen LogP contribution < -0.4 is 10.6 Å². The molecule has 1 aliphatic heterocycles. The summed E-state index contributed by atoms with van der Waals surface area (Å²) < 4.78 is 6.14. The molecule has 6 heteroatoms. The Labute approximate surface area is 187 Å². The second kappa shape index (κ2) is 8.94. The molecule has 6 nitrogen and oxygen atoms in total. The molecule has 1 fully saturated rings. The standard InChI is InChI=1S/C26H26N4O2/c1-18-5-4-6-20(15-18)25(31)28-22-8-3-2-7-21(22)26-29-23-10-9-19(16-24(23)32-26)17-30-13-11-27-12-14-30/h2-10,15-16,27H,11-14,17H2,1H3,(H,28,31). The first-order valence-electron chi connectivity index (χ1n) is 11.0. The van der Waals surface area contributed by atoms with Crippen molar-refractivity contribution in [2.45, 2.75) is 13.5 Å². The van der Waals surface area contributed by atoms with Crippen molar-refractivity contribution in [2.75, 3.05) is 31.5 Å². The SMILES string of the molecule is Cc1cccc(C(=O)Nc2ccccc2-c2nc3ccc(CN4CCNCC4)cc3o2)c1. The highest BCUT2D eigenvalue weighted by Crippen LogP contribution is 2.31. The molecule has 1 saturated heterocycles. The molecule has 0 bridgehead atoms. The zero-order valence-electron chi connectivity index (χ0n) is 18.1. The van der Waals surface area contributed by atoms with Crippen LogP contribution in [-0.2, 0) is 6.54 Å². The first-order valence-corrected chi connectivity index (χ1v) is 11.0. The molecule has 0 spiro atoms. The van der Waals surface area contributed by atoms with E-state index in [1.54, 1.807) is 0 Å². The van der Waals surface area contributed by atoms with Gasteiger partial charge in [-0.2, -0.15) is 0 Å². The lowest BCUT2D eigenvalue weighted by atomic mass is 10.1. The summed E-state index contributed by atoms with van der Waals surface area (Å²) in [4.78, 5) is 19.9. The summed E-state index contributed by atoms with van der Waals surface area (Å²) in [5.74, 6) is 0.343. The molecule has 3 aromatic carbocycles. The van der Waals surface area contributed by atoms with E-state index in [-0.39, 0.29) is 5.91 Å². The molecular weight excluding hydrogens is 400 g/mol. The largest absolute Gasteiger partial charge is 0.436 e. The van der Waals surface area contributed by atoms with Crippen molar-refractivity contribution in [3.05, 3.63) is 83.4 Å². The zero-order valence-corrected chi connectivity index (χ0v) is 18.1. The van der Waals surface area contributed by atoms with Crippen LogP contribution in [0.2, 0.25) is 0 Å². The maximum atomic E-state index is 12.8. The molecule has 0 atom stereocenters. The third-order valence-electron chi connectivity index (χ3n) is 5.75. The molecule has 0 radical (unpaired) electrons. The van der Waals surface area contributed by atoms with Crippen molar-refractivity contribution in [2.24, 2.45) is 0 Å². The minimum atomic E-state index is -0.157. The summed E-state index contributed by atoms with van der Waals surface area (Å²) in [6.45, 7) is 7.02. The van der Waals surface area contributed by atoms with Crippen LogP contribution in [0.3, 0.4) is 0 Å². The number of benzene rings is 3. The van der Waals surface area contributed by atoms with Crippen LogP contribution >= 0.6 is 0 Å². The van der Waals surface area contributed by atoms with E-state index >= 15 is 0 Å². The number of nitrogens with one attached hydrogen (secondary N) is 2. The van der Waals surface area contributed by atoms with E-state index in [2.05, 4.69) is 32.7 Å². The lowest BCUT2D eigenvalue weighted by Gasteiger charge is -2.27. The van der Waals surface area contributed by atoms with Crippen LogP contribution in [0.4, 0.5) is 5.69 Å². The van der Waals surface area contributed by atoms with Gasteiger partial charge in [0.15, 0.2) is 5.58 Å². The zero-order chi connectivity index (χ0) is 21.9. The Morgan fingerprint density at radius 1 is 1.06 bits per heavy atom. The number of hydrogen-bond acceptors (Lipinski definition) is 5. The number of nitrogens with zero attached hydrogens (tertiary/aromatic N) is 2. The van der Waals surface area contributed by atoms with Crippen LogP contribution in [0.25, 0.3) is 22.6 Å². The van der Waals surface area contributed by atoms with Crippen molar-refractivity contribution < 1.29 is 9.21 Å². The summed E-state index contributed by atoms with van der Waals surface area (Å²) in [5.41, 5.74) is 5.87. The number of amides is 1. The average Bonchev–Trinajstić information content (AvgIpc) is 3.23. The molecule has 0 aliphatic carbocycles. The molecule has 1 aliphatic rings. The number of aryl methyl sites for hydroxylation is 1. The number of oxazole rings is 1. The molecule has 1 aromatic heterocycles. The Morgan fingerprint density at radius 3 is 2.75 bits per heavy atom. The van der Waals surface area contributed by atoms with E-state index in [0.717, 1.165) is 55.0 Å². The van der Waals surface area contributed by atoms with Gasteiger partial charge >= 0.3 is 0 Å². The fourth-order valence-electron chi connectivity index (χ4n) is 4.07. The van der Waals surface area contributed by atoms with Crippen molar-refractivity contribution in [3.8, 4) is 11.5 Å². The van der Waals surface area contributed by atoms with Gasteiger partial charge in [-0.1, -0.05) is 35.9 Å². The highest BCUT2D eigenvalue weighted by Gasteiger charge is 2.16. The van der Waals surface area contributed by atoms with Crippen LogP contribution in [0, 0.1) is 6.92 Å². The van der Waals surface area contributed by atoms with Gasteiger partial charge in [-0.05, 0) is 48.9 Å². The second-order valence-corrected chi connectivity index (χ2v) is 8.22. The molecule has 32 heavy (non-hydrogen) atoms. The van der Waals surface area contributed by atoms with E-state index < -0.39 is 0 Å². The third kappa shape index (κ3) is 4.42. The Morgan fingerprint density at radius 2 is 1.91 bits per heavy atom. The number of carbonyl (C=O) groups is 1. The Kier molecular flexibility index (Phi) is 5.71. The topological polar surface area (TPSA) is 70.4 Å². The fourth-order valence-corrected chi connectivity index (χ4v) is 4.07. The van der Waals surface area contributed by atoms with Gasteiger partial charge in [0, 0.05) is 38.3 Å². The van der Waals surface area contributed by atoms with Crippen LogP contribution in [0.15, 0.2) is 71.1 Å². The van der Waals surface area contributed by atoms with E-state index in [1.165, 1.54) is 5.56 Å². The van der Waals surface area contributed by atoms with Crippen LogP contribution in [0.1, 0.15) is 21.5 Å². The van der Waals surface area contributed by atoms with Crippen molar-refractivity contribution >= 4 is 22.7 Å². The van der Waals surface area contributed by atoms with E-state index in [4.69, 9.17) is 4.42 Å². The summed E-state index contributed by atoms with van der Waals surface area (Å²) in [5, 5.41) is 6.39. The summed E-state index contributed by atoms with van der Waals surface area (Å²) in [6.07, 6.45) is 0. The molecule has 0 unspecified atom stereocenters. The summed E-state index contributed by atoms with van der Waals surface area (Å²) >= 11 is 0. The van der Waals surface area contributed by atoms with Gasteiger partial charge in [-0.15, -0.1) is 0 Å². The quantitative estimate of drug-likeness (QED) is 0.493. The molecular formula is C26H26N4O2. The Balaban J connectivity index is 1.40. The van der Waals surface area contributed by atoms with Gasteiger partial charge in [0.25, 0.3) is 5.91 Å². The van der Waals surface area contributed by atoms with Gasteiger partial charge in [0.05, 0.1) is 11.3 Å². The lowest BCUT2D eigenvalue weighted by Crippen LogP contribution is -2.42. The number of para-hydroxylation sites is 1. The Hall–Kier alpha value is -3.48. The summed E-state index contributed by atoms with van der Waals surface area (Å²) in [7, 11) is 0. The molecule has 5 rings (SSSR count). The van der Waals surface area contributed by atoms with Gasteiger partial charge in [0.2, 0.25) is 5.89 Å². The Bertz CT molecular complexity index is 1260. The molecule has 162 valence electrons. The lowest BCUT2D eigenvalue weighted by molar-refractivity contribution is 0.102. The monoisotopic (exact) mass is 426 g/mol. The van der Waals surface area contributed by atoms with Crippen molar-refractivity contribution in [3.63, 3.8) is 0 Å². The highest BCUT2D eigenvalue weighted by atomic mass is 16.3. The van der Waals surface area contributed by atoms with Gasteiger partial charge < -0.3 is 15.1 Å². The molecule has 0 saturated carbocycles. The van der Waals surface area contributed by atoms with Crippen LogP contribution in [0.5, 0.6) is 0 Å². The summed E-state index contributed by atoms with van der Waals surface area (Å²) in [6, 6.07) is 21.3. The number of rotatable bonds is 5. The van der Waals surface area contributed by atoms with Gasteiger partial charge in [-0.3, -0.25) is 9.69 Å². The average molecular weight is 427 g/mol. The maximum absolute atomic E-state index is 12.8. The smallest absolute Gasteiger partial charge is 0.255 e. The predicted molar refractivity (Wildman–Crippen MR) is 127 cm³/mol. The van der Waals surface area contributed by atoms with Crippen molar-refractivity contribution in [1.29, 1.82) is 0 Å². The van der Waals surface area contributed by atoms with Crippen LogP contribution in [-0.4, -0.2) is 42.0 Å². The fraction of sp³-hybridized carbons (Fsp3) is 0.231. The molecule has 4 aromatic rings. The first-order chi connectivity index (χ1) is 15.7. The second-order valence-electron chi connectivity index (χ2n) is 8.22. The number of piperazine rings is 1. The highest BCUT2D eigenvalue weighted by molar-refractivity contribution is 6.06. The number of anilines is 1. The first kappa shape index (κ1) is 20.4. The van der Waals surface area contributed by atoms with E-state index in [1.807, 2.05) is 61.5 Å². The van der Waals surface area contributed by atoms with Gasteiger partial charge in [-0.25, -0.2) is 4.98 Å².